The van der Waals surface area contributed by atoms with Crippen LogP contribution in [0.1, 0.15) is 23.1 Å². The highest BCUT2D eigenvalue weighted by atomic mass is 32.2. The lowest BCUT2D eigenvalue weighted by Crippen LogP contribution is -2.47. The maximum atomic E-state index is 14.5. The van der Waals surface area contributed by atoms with E-state index < -0.39 is 21.5 Å². The topological polar surface area (TPSA) is 102 Å². The maximum absolute atomic E-state index is 14.5. The second-order valence-electron chi connectivity index (χ2n) is 10.9. The third kappa shape index (κ3) is 5.12. The van der Waals surface area contributed by atoms with Crippen molar-refractivity contribution in [3.8, 4) is 22.6 Å². The fourth-order valence-corrected chi connectivity index (χ4v) is 6.14. The van der Waals surface area contributed by atoms with Crippen LogP contribution >= 0.6 is 0 Å². The molecule has 1 aliphatic rings. The van der Waals surface area contributed by atoms with Crippen LogP contribution in [-0.4, -0.2) is 52.0 Å². The summed E-state index contributed by atoms with van der Waals surface area (Å²) in [7, 11) is -2.02. The van der Waals surface area contributed by atoms with Crippen LogP contribution in [-0.2, 0) is 23.4 Å². The number of sulfone groups is 1. The lowest BCUT2D eigenvalue weighted by molar-refractivity contribution is 0.0883. The first kappa shape index (κ1) is 27.9. The monoisotopic (exact) mass is 593 g/mol. The van der Waals surface area contributed by atoms with Crippen LogP contribution in [0.4, 0.5) is 8.78 Å². The van der Waals surface area contributed by atoms with Crippen molar-refractivity contribution in [2.45, 2.75) is 31.3 Å². The molecule has 0 atom stereocenters. The van der Waals surface area contributed by atoms with Crippen LogP contribution in [0.3, 0.4) is 0 Å². The van der Waals surface area contributed by atoms with Crippen molar-refractivity contribution in [2.75, 3.05) is 19.3 Å². The summed E-state index contributed by atoms with van der Waals surface area (Å²) in [6.45, 7) is 6.19. The molecule has 9 nitrogen and oxygen atoms in total. The van der Waals surface area contributed by atoms with Crippen LogP contribution in [0.5, 0.6) is 11.5 Å². The van der Waals surface area contributed by atoms with E-state index in [2.05, 4.69) is 21.0 Å². The van der Waals surface area contributed by atoms with Gasteiger partial charge in [0.1, 0.15) is 17.1 Å². The van der Waals surface area contributed by atoms with E-state index in [1.807, 2.05) is 24.6 Å². The van der Waals surface area contributed by atoms with E-state index in [9.17, 15) is 22.0 Å². The zero-order valence-corrected chi connectivity index (χ0v) is 24.3. The van der Waals surface area contributed by atoms with Gasteiger partial charge in [0, 0.05) is 73.1 Å². The minimum atomic E-state index is -3.61. The number of H-pyrrole nitrogens is 1. The molecule has 5 aromatic rings. The van der Waals surface area contributed by atoms with Gasteiger partial charge in [-0.3, -0.25) is 14.4 Å². The van der Waals surface area contributed by atoms with E-state index in [0.29, 0.717) is 34.6 Å². The number of nitrogens with zero attached hydrogens (tertiary/aromatic N) is 4. The van der Waals surface area contributed by atoms with E-state index in [1.54, 1.807) is 13.2 Å². The summed E-state index contributed by atoms with van der Waals surface area (Å²) in [6.07, 6.45) is 2.68. The Balaban J connectivity index is 1.39. The summed E-state index contributed by atoms with van der Waals surface area (Å²) in [5.41, 5.74) is 3.86. The van der Waals surface area contributed by atoms with E-state index in [-0.39, 0.29) is 28.0 Å². The Morgan fingerprint density at radius 1 is 1.02 bits per heavy atom. The van der Waals surface area contributed by atoms with Crippen molar-refractivity contribution < 1.29 is 21.9 Å². The molecule has 218 valence electrons. The molecule has 0 bridgehead atoms. The van der Waals surface area contributed by atoms with E-state index >= 15 is 0 Å². The second kappa shape index (κ2) is 10.2. The van der Waals surface area contributed by atoms with Crippen LogP contribution in [0.25, 0.3) is 22.0 Å². The minimum Gasteiger partial charge on any atom is -0.454 e. The number of halogens is 2. The number of likely N-dealkylation sites (tertiary alicyclic amines) is 1. The molecular formula is C30H29F2N5O4S. The normalized spacial score (nSPS) is 14.4. The number of aryl methyl sites for hydroxylation is 3. The van der Waals surface area contributed by atoms with E-state index in [4.69, 9.17) is 4.74 Å². The summed E-state index contributed by atoms with van der Waals surface area (Å²) in [5, 5.41) is 5.16. The number of rotatable bonds is 7. The quantitative estimate of drug-likeness (QED) is 0.289. The third-order valence-electron chi connectivity index (χ3n) is 7.53. The van der Waals surface area contributed by atoms with Gasteiger partial charge < -0.3 is 14.3 Å². The maximum Gasteiger partial charge on any atom is 0.274 e. The number of aromatic nitrogens is 4. The van der Waals surface area contributed by atoms with Gasteiger partial charge in [-0.1, -0.05) is 0 Å². The Kier molecular flexibility index (Phi) is 6.77. The summed E-state index contributed by atoms with van der Waals surface area (Å²) in [5.74, 6) is -1.74. The number of aromatic amines is 1. The van der Waals surface area contributed by atoms with Gasteiger partial charge in [0.2, 0.25) is 0 Å². The zero-order valence-electron chi connectivity index (χ0n) is 23.5. The Bertz CT molecular complexity index is 2020. The highest BCUT2D eigenvalue weighted by Gasteiger charge is 2.30. The molecule has 0 spiro atoms. The molecular weight excluding hydrogens is 564 g/mol. The zero-order chi connectivity index (χ0) is 29.9. The molecule has 3 aromatic heterocycles. The van der Waals surface area contributed by atoms with Crippen molar-refractivity contribution in [2.24, 2.45) is 7.05 Å². The molecule has 1 fully saturated rings. The van der Waals surface area contributed by atoms with Crippen molar-refractivity contribution in [3.05, 3.63) is 93.8 Å². The average molecular weight is 594 g/mol. The van der Waals surface area contributed by atoms with Crippen molar-refractivity contribution in [3.63, 3.8) is 0 Å². The van der Waals surface area contributed by atoms with Crippen molar-refractivity contribution in [1.29, 1.82) is 0 Å². The van der Waals surface area contributed by atoms with Crippen molar-refractivity contribution in [1.82, 2.24) is 24.2 Å². The van der Waals surface area contributed by atoms with Gasteiger partial charge in [-0.05, 0) is 56.3 Å². The Morgan fingerprint density at radius 2 is 1.76 bits per heavy atom. The molecule has 1 aliphatic heterocycles. The minimum absolute atomic E-state index is 0.0259. The fourth-order valence-electron chi connectivity index (χ4n) is 5.49. The fraction of sp³-hybridized carbons (Fsp3) is 0.267. The smallest absolute Gasteiger partial charge is 0.274 e. The molecule has 1 N–H and O–H groups in total. The number of ether oxygens (including phenoxy) is 1. The van der Waals surface area contributed by atoms with Crippen LogP contribution in [0, 0.1) is 25.5 Å². The molecule has 0 aliphatic carbocycles. The van der Waals surface area contributed by atoms with Gasteiger partial charge in [0.15, 0.2) is 21.4 Å². The van der Waals surface area contributed by atoms with Crippen LogP contribution in [0.15, 0.2) is 64.4 Å². The standard InChI is InChI=1S/C30H29F2N5O4S/c1-17-9-18(2)37(34-17)21-14-36(15-21)13-20-11-24-25(16-35(3)30(38)29(24)33-20)23-12-22(42(4,39)40)6-8-27(23)41-28-7-5-19(31)10-26(28)32/h5-12,16,21,33H,13-15H2,1-4H3. The number of hydrogen-bond donors (Lipinski definition) is 1. The summed E-state index contributed by atoms with van der Waals surface area (Å²) < 4.78 is 62.2. The predicted molar refractivity (Wildman–Crippen MR) is 155 cm³/mol. The lowest BCUT2D eigenvalue weighted by Gasteiger charge is -2.39. The van der Waals surface area contributed by atoms with Crippen LogP contribution in [0.2, 0.25) is 0 Å². The number of benzene rings is 2. The third-order valence-corrected chi connectivity index (χ3v) is 8.64. The molecule has 0 saturated carbocycles. The molecule has 12 heteroatoms. The number of nitrogens with one attached hydrogen (secondary N) is 1. The molecule has 1 saturated heterocycles. The van der Waals surface area contributed by atoms with Crippen LogP contribution < -0.4 is 10.3 Å². The SMILES string of the molecule is Cc1cc(C)n(C2CN(Cc3cc4c(-c5cc(S(C)(=O)=O)ccc5Oc5ccc(F)cc5F)cn(C)c(=O)c4[nH]3)C2)n1. The van der Waals surface area contributed by atoms with E-state index in [0.717, 1.165) is 48.6 Å². The Labute approximate surface area is 240 Å². The van der Waals surface area contributed by atoms with Crippen molar-refractivity contribution >= 4 is 20.7 Å². The molecule has 4 heterocycles. The molecule has 6 rings (SSSR count). The highest BCUT2D eigenvalue weighted by Crippen LogP contribution is 2.39. The number of fused-ring (bicyclic) bond motifs is 1. The molecule has 2 aromatic carbocycles. The summed E-state index contributed by atoms with van der Waals surface area (Å²) in [6, 6.07) is 11.4. The first-order valence-corrected chi connectivity index (χ1v) is 15.2. The predicted octanol–water partition coefficient (Wildman–Crippen LogP) is 4.88. The van der Waals surface area contributed by atoms with Gasteiger partial charge in [-0.25, -0.2) is 17.2 Å². The molecule has 0 amide bonds. The Hall–Kier alpha value is -4.29. The summed E-state index contributed by atoms with van der Waals surface area (Å²) in [4.78, 5) is 18.7. The Morgan fingerprint density at radius 3 is 2.43 bits per heavy atom. The first-order chi connectivity index (χ1) is 19.9. The average Bonchev–Trinajstić information content (AvgIpc) is 3.47. The largest absolute Gasteiger partial charge is 0.454 e. The van der Waals surface area contributed by atoms with Gasteiger partial charge in [0.25, 0.3) is 5.56 Å². The first-order valence-electron chi connectivity index (χ1n) is 13.3. The second-order valence-corrected chi connectivity index (χ2v) is 12.9. The lowest BCUT2D eigenvalue weighted by atomic mass is 10.0. The highest BCUT2D eigenvalue weighted by molar-refractivity contribution is 7.90. The number of pyridine rings is 1. The summed E-state index contributed by atoms with van der Waals surface area (Å²) >= 11 is 0. The molecule has 42 heavy (non-hydrogen) atoms. The van der Waals surface area contributed by atoms with Gasteiger partial charge in [0.05, 0.1) is 16.6 Å². The van der Waals surface area contributed by atoms with Gasteiger partial charge >= 0.3 is 0 Å². The molecule has 0 radical (unpaired) electrons. The van der Waals surface area contributed by atoms with Gasteiger partial charge in [-0.15, -0.1) is 0 Å². The number of hydrogen-bond acceptors (Lipinski definition) is 6. The van der Waals surface area contributed by atoms with E-state index in [1.165, 1.54) is 22.8 Å². The van der Waals surface area contributed by atoms with Gasteiger partial charge in [-0.2, -0.15) is 5.10 Å². The molecule has 0 unspecified atom stereocenters.